The minimum atomic E-state index is -0.991. The lowest BCUT2D eigenvalue weighted by molar-refractivity contribution is 0.0697. The Bertz CT molecular complexity index is 942. The molecule has 0 spiro atoms. The van der Waals surface area contributed by atoms with Crippen molar-refractivity contribution in [3.8, 4) is 5.75 Å². The van der Waals surface area contributed by atoms with Crippen LogP contribution in [-0.4, -0.2) is 11.1 Å². The fraction of sp³-hybridized carbons (Fsp3) is 0.0952. The van der Waals surface area contributed by atoms with Gasteiger partial charge in [-0.2, -0.15) is 0 Å². The van der Waals surface area contributed by atoms with E-state index in [9.17, 15) is 4.79 Å². The lowest BCUT2D eigenvalue weighted by Crippen LogP contribution is -2.03. The van der Waals surface area contributed by atoms with Crippen LogP contribution in [0.25, 0.3) is 0 Å². The van der Waals surface area contributed by atoms with Crippen LogP contribution in [0, 0.1) is 0 Å². The van der Waals surface area contributed by atoms with Crippen molar-refractivity contribution in [2.24, 2.45) is 0 Å². The predicted octanol–water partition coefficient (Wildman–Crippen LogP) is 5.88. The predicted molar refractivity (Wildman–Crippen MR) is 108 cm³/mol. The zero-order chi connectivity index (χ0) is 19.2. The topological polar surface area (TPSA) is 58.6 Å². The van der Waals surface area contributed by atoms with Crippen LogP contribution in [0.3, 0.4) is 0 Å². The SMILES string of the molecule is O=C(O)c1ccc(Cl)c(NCc2ccc(OCc3ccccc3Cl)cc2)c1. The molecule has 27 heavy (non-hydrogen) atoms. The van der Waals surface area contributed by atoms with E-state index in [2.05, 4.69) is 5.32 Å². The average Bonchev–Trinajstić information content (AvgIpc) is 2.67. The van der Waals surface area contributed by atoms with E-state index >= 15 is 0 Å². The number of benzene rings is 3. The fourth-order valence-electron chi connectivity index (χ4n) is 2.47. The molecule has 6 heteroatoms. The van der Waals surface area contributed by atoms with Gasteiger partial charge in [0.1, 0.15) is 12.4 Å². The van der Waals surface area contributed by atoms with E-state index in [1.807, 2.05) is 48.5 Å². The van der Waals surface area contributed by atoms with Crippen molar-refractivity contribution in [1.82, 2.24) is 0 Å². The normalized spacial score (nSPS) is 10.4. The van der Waals surface area contributed by atoms with E-state index in [1.54, 1.807) is 6.07 Å². The molecule has 0 saturated carbocycles. The van der Waals surface area contributed by atoms with Crippen molar-refractivity contribution in [3.63, 3.8) is 0 Å². The standard InChI is InChI=1S/C21H17Cl2NO3/c22-18-4-2-1-3-16(18)13-27-17-8-5-14(6-9-17)12-24-20-11-15(21(25)26)7-10-19(20)23/h1-11,24H,12-13H2,(H,25,26). The van der Waals surface area contributed by atoms with Gasteiger partial charge in [0.2, 0.25) is 0 Å². The van der Waals surface area contributed by atoms with Gasteiger partial charge in [-0.1, -0.05) is 53.5 Å². The molecule has 0 aliphatic heterocycles. The second kappa shape index (κ2) is 8.80. The van der Waals surface area contributed by atoms with Gasteiger partial charge in [-0.25, -0.2) is 4.79 Å². The first-order valence-electron chi connectivity index (χ1n) is 8.25. The molecule has 0 radical (unpaired) electrons. The summed E-state index contributed by atoms with van der Waals surface area (Å²) in [4.78, 5) is 11.1. The Morgan fingerprint density at radius 3 is 2.41 bits per heavy atom. The number of carboxylic acid groups (broad SMARTS) is 1. The second-order valence-electron chi connectivity index (χ2n) is 5.88. The average molecular weight is 402 g/mol. The van der Waals surface area contributed by atoms with E-state index in [4.69, 9.17) is 33.0 Å². The van der Waals surface area contributed by atoms with E-state index in [-0.39, 0.29) is 5.56 Å². The number of anilines is 1. The summed E-state index contributed by atoms with van der Waals surface area (Å²) >= 11 is 12.2. The molecule has 0 heterocycles. The molecule has 0 bridgehead atoms. The van der Waals surface area contributed by atoms with Crippen LogP contribution >= 0.6 is 23.2 Å². The molecule has 138 valence electrons. The molecule has 0 amide bonds. The van der Waals surface area contributed by atoms with Crippen LogP contribution in [0.5, 0.6) is 5.75 Å². The van der Waals surface area contributed by atoms with Crippen molar-refractivity contribution < 1.29 is 14.6 Å². The third-order valence-electron chi connectivity index (χ3n) is 3.97. The maximum absolute atomic E-state index is 11.1. The highest BCUT2D eigenvalue weighted by Crippen LogP contribution is 2.24. The first kappa shape index (κ1) is 19.1. The summed E-state index contributed by atoms with van der Waals surface area (Å²) in [6.07, 6.45) is 0. The summed E-state index contributed by atoms with van der Waals surface area (Å²) in [5, 5.41) is 13.4. The van der Waals surface area contributed by atoms with Gasteiger partial charge in [0.15, 0.2) is 0 Å². The fourth-order valence-corrected chi connectivity index (χ4v) is 2.85. The summed E-state index contributed by atoms with van der Waals surface area (Å²) in [5.41, 5.74) is 2.70. The summed E-state index contributed by atoms with van der Waals surface area (Å²) in [6, 6.07) is 19.7. The van der Waals surface area contributed by atoms with Gasteiger partial charge in [0.25, 0.3) is 0 Å². The number of nitrogens with one attached hydrogen (secondary N) is 1. The number of hydrogen-bond acceptors (Lipinski definition) is 3. The molecule has 3 rings (SSSR count). The highest BCUT2D eigenvalue weighted by Gasteiger charge is 2.07. The Kier molecular flexibility index (Phi) is 6.22. The third-order valence-corrected chi connectivity index (χ3v) is 4.67. The Labute approximate surface area is 167 Å². The van der Waals surface area contributed by atoms with Gasteiger partial charge >= 0.3 is 5.97 Å². The van der Waals surface area contributed by atoms with Crippen LogP contribution < -0.4 is 10.1 Å². The molecule has 0 unspecified atom stereocenters. The Morgan fingerprint density at radius 2 is 1.70 bits per heavy atom. The van der Waals surface area contributed by atoms with Crippen molar-refractivity contribution >= 4 is 34.9 Å². The quantitative estimate of drug-likeness (QED) is 0.518. The number of carboxylic acids is 1. The molecular formula is C21H17Cl2NO3. The summed E-state index contributed by atoms with van der Waals surface area (Å²) in [7, 11) is 0. The lowest BCUT2D eigenvalue weighted by atomic mass is 10.1. The van der Waals surface area contributed by atoms with Crippen LogP contribution in [0.15, 0.2) is 66.7 Å². The highest BCUT2D eigenvalue weighted by atomic mass is 35.5. The smallest absolute Gasteiger partial charge is 0.335 e. The maximum atomic E-state index is 11.1. The molecule has 0 aliphatic rings. The zero-order valence-electron chi connectivity index (χ0n) is 14.3. The van der Waals surface area contributed by atoms with Crippen LogP contribution in [0.1, 0.15) is 21.5 Å². The minimum Gasteiger partial charge on any atom is -0.489 e. The van der Waals surface area contributed by atoms with Gasteiger partial charge in [-0.15, -0.1) is 0 Å². The lowest BCUT2D eigenvalue weighted by Gasteiger charge is -2.11. The van der Waals surface area contributed by atoms with E-state index in [1.165, 1.54) is 12.1 Å². The molecule has 4 nitrogen and oxygen atoms in total. The number of halogens is 2. The molecule has 3 aromatic rings. The Balaban J connectivity index is 1.59. The van der Waals surface area contributed by atoms with Gasteiger partial charge < -0.3 is 15.2 Å². The van der Waals surface area contributed by atoms with Crippen molar-refractivity contribution in [1.29, 1.82) is 0 Å². The molecule has 2 N–H and O–H groups in total. The van der Waals surface area contributed by atoms with E-state index in [0.29, 0.717) is 28.9 Å². The van der Waals surface area contributed by atoms with Gasteiger partial charge in [-0.3, -0.25) is 0 Å². The largest absolute Gasteiger partial charge is 0.489 e. The number of ether oxygens (including phenoxy) is 1. The van der Waals surface area contributed by atoms with Crippen molar-refractivity contribution in [2.45, 2.75) is 13.2 Å². The number of aromatic carboxylic acids is 1. The number of rotatable bonds is 7. The minimum absolute atomic E-state index is 0.185. The van der Waals surface area contributed by atoms with Gasteiger partial charge in [-0.05, 0) is 42.0 Å². The Morgan fingerprint density at radius 1 is 0.963 bits per heavy atom. The first-order valence-corrected chi connectivity index (χ1v) is 9.00. The molecule has 0 aromatic heterocycles. The van der Waals surface area contributed by atoms with E-state index in [0.717, 1.165) is 16.9 Å². The summed E-state index contributed by atoms with van der Waals surface area (Å²) in [6.45, 7) is 0.905. The van der Waals surface area contributed by atoms with Crippen LogP contribution in [0.4, 0.5) is 5.69 Å². The van der Waals surface area contributed by atoms with Gasteiger partial charge in [0, 0.05) is 17.1 Å². The highest BCUT2D eigenvalue weighted by molar-refractivity contribution is 6.33. The van der Waals surface area contributed by atoms with Gasteiger partial charge in [0.05, 0.1) is 16.3 Å². The van der Waals surface area contributed by atoms with Crippen molar-refractivity contribution in [2.75, 3.05) is 5.32 Å². The molecule has 0 saturated heterocycles. The van der Waals surface area contributed by atoms with Crippen molar-refractivity contribution in [3.05, 3.63) is 93.5 Å². The molecule has 0 fully saturated rings. The molecule has 0 atom stereocenters. The second-order valence-corrected chi connectivity index (χ2v) is 6.69. The third kappa shape index (κ3) is 5.16. The summed E-state index contributed by atoms with van der Waals surface area (Å²) < 4.78 is 5.76. The molecule has 0 aliphatic carbocycles. The first-order chi connectivity index (χ1) is 13.0. The summed E-state index contributed by atoms with van der Waals surface area (Å²) in [5.74, 6) is -0.251. The Hall–Kier alpha value is -2.69. The molecule has 3 aromatic carbocycles. The zero-order valence-corrected chi connectivity index (χ0v) is 15.8. The molecular weight excluding hydrogens is 385 g/mol. The monoisotopic (exact) mass is 401 g/mol. The van der Waals surface area contributed by atoms with Crippen LogP contribution in [-0.2, 0) is 13.2 Å². The maximum Gasteiger partial charge on any atom is 0.335 e. The number of hydrogen-bond donors (Lipinski definition) is 2. The number of carbonyl (C=O) groups is 1. The van der Waals surface area contributed by atoms with E-state index < -0.39 is 5.97 Å². The van der Waals surface area contributed by atoms with Crippen LogP contribution in [0.2, 0.25) is 10.0 Å².